The third-order valence-corrected chi connectivity index (χ3v) is 4.87. The number of hydrogen-bond donors (Lipinski definition) is 0. The zero-order valence-corrected chi connectivity index (χ0v) is 14.2. The van der Waals surface area contributed by atoms with E-state index in [4.69, 9.17) is 8.83 Å². The SMILES string of the molecule is Cc1oc2c(C)c3oc(=O)c(C)c(C)c3cc2c1-c1ccccc1. The number of hydrogen-bond acceptors (Lipinski definition) is 3. The molecule has 0 radical (unpaired) electrons. The molecule has 2 heterocycles. The monoisotopic (exact) mass is 318 g/mol. The Morgan fingerprint density at radius 1 is 0.750 bits per heavy atom. The van der Waals surface area contributed by atoms with Gasteiger partial charge in [-0.2, -0.15) is 0 Å². The van der Waals surface area contributed by atoms with Crippen molar-refractivity contribution in [3.63, 3.8) is 0 Å². The maximum absolute atomic E-state index is 12.0. The topological polar surface area (TPSA) is 43.4 Å². The Balaban J connectivity index is 2.21. The standard InChI is InChI=1S/C21H18O3/c1-11-12(2)21(22)24-19-13(3)20-17(10-16(11)19)18(14(4)23-20)15-8-6-5-7-9-15/h5-10H,1-4H3. The molecule has 0 aliphatic rings. The molecule has 0 saturated carbocycles. The van der Waals surface area contributed by atoms with E-state index in [9.17, 15) is 4.79 Å². The second-order valence-electron chi connectivity index (χ2n) is 6.29. The van der Waals surface area contributed by atoms with Crippen molar-refractivity contribution in [2.75, 3.05) is 0 Å². The van der Waals surface area contributed by atoms with E-state index in [1.807, 2.05) is 39.0 Å². The molecule has 0 aliphatic heterocycles. The summed E-state index contributed by atoms with van der Waals surface area (Å²) in [4.78, 5) is 12.0. The summed E-state index contributed by atoms with van der Waals surface area (Å²) in [7, 11) is 0. The first-order chi connectivity index (χ1) is 11.5. The molecule has 0 spiro atoms. The molecule has 0 fully saturated rings. The van der Waals surface area contributed by atoms with Crippen LogP contribution in [0.5, 0.6) is 0 Å². The highest BCUT2D eigenvalue weighted by molar-refractivity contribution is 6.05. The summed E-state index contributed by atoms with van der Waals surface area (Å²) in [5.74, 6) is 0.867. The van der Waals surface area contributed by atoms with Gasteiger partial charge in [-0.1, -0.05) is 30.3 Å². The minimum absolute atomic E-state index is 0.283. The van der Waals surface area contributed by atoms with Crippen molar-refractivity contribution in [3.05, 3.63) is 69.3 Å². The fraction of sp³-hybridized carbons (Fsp3) is 0.190. The molecular formula is C21H18O3. The fourth-order valence-corrected chi connectivity index (χ4v) is 3.39. The lowest BCUT2D eigenvalue weighted by Crippen LogP contribution is -2.06. The first-order valence-electron chi connectivity index (χ1n) is 8.01. The van der Waals surface area contributed by atoms with E-state index >= 15 is 0 Å². The van der Waals surface area contributed by atoms with E-state index in [0.29, 0.717) is 11.1 Å². The molecule has 2 aromatic carbocycles. The first-order valence-corrected chi connectivity index (χ1v) is 8.01. The van der Waals surface area contributed by atoms with E-state index in [1.165, 1.54) is 0 Å². The fourth-order valence-electron chi connectivity index (χ4n) is 3.39. The van der Waals surface area contributed by atoms with Crippen LogP contribution in [-0.2, 0) is 0 Å². The summed E-state index contributed by atoms with van der Waals surface area (Å²) >= 11 is 0. The predicted molar refractivity (Wildman–Crippen MR) is 96.6 cm³/mol. The summed E-state index contributed by atoms with van der Waals surface area (Å²) in [5.41, 5.74) is 5.82. The molecule has 120 valence electrons. The molecule has 0 atom stereocenters. The summed E-state index contributed by atoms with van der Waals surface area (Å²) in [5, 5.41) is 2.02. The summed E-state index contributed by atoms with van der Waals surface area (Å²) < 4.78 is 11.6. The Morgan fingerprint density at radius 3 is 2.12 bits per heavy atom. The lowest BCUT2D eigenvalue weighted by molar-refractivity contribution is 0.547. The molecule has 3 heteroatoms. The third kappa shape index (κ3) is 1.94. The van der Waals surface area contributed by atoms with Crippen molar-refractivity contribution < 1.29 is 8.83 Å². The smallest absolute Gasteiger partial charge is 0.339 e. The maximum atomic E-state index is 12.0. The van der Waals surface area contributed by atoms with Crippen LogP contribution in [0.2, 0.25) is 0 Å². The van der Waals surface area contributed by atoms with E-state index in [1.54, 1.807) is 6.92 Å². The average Bonchev–Trinajstić information content (AvgIpc) is 2.91. The van der Waals surface area contributed by atoms with Gasteiger partial charge in [0.25, 0.3) is 0 Å². The van der Waals surface area contributed by atoms with Gasteiger partial charge in [0.15, 0.2) is 0 Å². The van der Waals surface area contributed by atoms with E-state index in [0.717, 1.165) is 44.4 Å². The van der Waals surface area contributed by atoms with Gasteiger partial charge in [0.2, 0.25) is 0 Å². The molecule has 0 aliphatic carbocycles. The highest BCUT2D eigenvalue weighted by Crippen LogP contribution is 2.39. The normalized spacial score (nSPS) is 11.5. The highest BCUT2D eigenvalue weighted by atomic mass is 16.4. The minimum Gasteiger partial charge on any atom is -0.460 e. The molecule has 0 amide bonds. The van der Waals surface area contributed by atoms with Crippen LogP contribution in [0.4, 0.5) is 0 Å². The van der Waals surface area contributed by atoms with Crippen LogP contribution in [0.25, 0.3) is 33.1 Å². The molecular weight excluding hydrogens is 300 g/mol. The van der Waals surface area contributed by atoms with Gasteiger partial charge >= 0.3 is 5.63 Å². The molecule has 2 aromatic heterocycles. The molecule has 0 N–H and O–H groups in total. The predicted octanol–water partition coefficient (Wildman–Crippen LogP) is 5.44. The third-order valence-electron chi connectivity index (χ3n) is 4.87. The summed E-state index contributed by atoms with van der Waals surface area (Å²) in [6, 6.07) is 12.3. The number of aryl methyl sites for hydroxylation is 3. The summed E-state index contributed by atoms with van der Waals surface area (Å²) in [6.45, 7) is 7.69. The second kappa shape index (κ2) is 5.10. The van der Waals surface area contributed by atoms with Crippen LogP contribution in [0, 0.1) is 27.7 Å². The van der Waals surface area contributed by atoms with Gasteiger partial charge in [0.1, 0.15) is 16.9 Å². The second-order valence-corrected chi connectivity index (χ2v) is 6.29. The van der Waals surface area contributed by atoms with Crippen molar-refractivity contribution in [3.8, 4) is 11.1 Å². The number of furan rings is 1. The van der Waals surface area contributed by atoms with Crippen LogP contribution in [0.3, 0.4) is 0 Å². The molecule has 0 unspecified atom stereocenters. The molecule has 4 rings (SSSR count). The van der Waals surface area contributed by atoms with Crippen molar-refractivity contribution in [1.29, 1.82) is 0 Å². The van der Waals surface area contributed by atoms with Crippen LogP contribution < -0.4 is 5.63 Å². The lowest BCUT2D eigenvalue weighted by Gasteiger charge is -2.07. The van der Waals surface area contributed by atoms with E-state index < -0.39 is 0 Å². The molecule has 0 saturated heterocycles. The van der Waals surface area contributed by atoms with Gasteiger partial charge in [-0.05, 0) is 44.9 Å². The van der Waals surface area contributed by atoms with Crippen LogP contribution in [0.1, 0.15) is 22.5 Å². The Bertz CT molecular complexity index is 1150. The van der Waals surface area contributed by atoms with Crippen LogP contribution in [0.15, 0.2) is 50.0 Å². The molecule has 3 nitrogen and oxygen atoms in total. The maximum Gasteiger partial charge on any atom is 0.339 e. The Hall–Kier alpha value is -2.81. The van der Waals surface area contributed by atoms with E-state index in [2.05, 4.69) is 18.2 Å². The van der Waals surface area contributed by atoms with Gasteiger partial charge in [-0.25, -0.2) is 4.79 Å². The first kappa shape index (κ1) is 14.8. The van der Waals surface area contributed by atoms with Crippen molar-refractivity contribution in [1.82, 2.24) is 0 Å². The van der Waals surface area contributed by atoms with Gasteiger partial charge < -0.3 is 8.83 Å². The van der Waals surface area contributed by atoms with Crippen molar-refractivity contribution in [2.24, 2.45) is 0 Å². The van der Waals surface area contributed by atoms with Gasteiger partial charge in [-0.3, -0.25) is 0 Å². The lowest BCUT2D eigenvalue weighted by atomic mass is 9.97. The van der Waals surface area contributed by atoms with E-state index in [-0.39, 0.29) is 5.63 Å². The highest BCUT2D eigenvalue weighted by Gasteiger charge is 2.19. The molecule has 4 aromatic rings. The van der Waals surface area contributed by atoms with Gasteiger partial charge in [0.05, 0.1) is 0 Å². The summed E-state index contributed by atoms with van der Waals surface area (Å²) in [6.07, 6.45) is 0. The Kier molecular flexibility index (Phi) is 3.14. The number of rotatable bonds is 1. The number of fused-ring (bicyclic) bond motifs is 2. The Morgan fingerprint density at radius 2 is 1.42 bits per heavy atom. The number of benzene rings is 2. The van der Waals surface area contributed by atoms with Crippen LogP contribution >= 0.6 is 0 Å². The largest absolute Gasteiger partial charge is 0.460 e. The van der Waals surface area contributed by atoms with Crippen molar-refractivity contribution in [2.45, 2.75) is 27.7 Å². The zero-order chi connectivity index (χ0) is 17.0. The minimum atomic E-state index is -0.283. The van der Waals surface area contributed by atoms with Crippen molar-refractivity contribution >= 4 is 21.9 Å². The van der Waals surface area contributed by atoms with Crippen LogP contribution in [-0.4, -0.2) is 0 Å². The average molecular weight is 318 g/mol. The Labute approximate surface area is 139 Å². The zero-order valence-electron chi connectivity index (χ0n) is 14.2. The molecule has 24 heavy (non-hydrogen) atoms. The van der Waals surface area contributed by atoms with Gasteiger partial charge in [0, 0.05) is 27.5 Å². The molecule has 0 bridgehead atoms. The quantitative estimate of drug-likeness (QED) is 0.439. The van der Waals surface area contributed by atoms with Gasteiger partial charge in [-0.15, -0.1) is 0 Å².